The van der Waals surface area contributed by atoms with Gasteiger partial charge >= 0.3 is 0 Å². The summed E-state index contributed by atoms with van der Waals surface area (Å²) in [5, 5.41) is 3.04. The van der Waals surface area contributed by atoms with E-state index in [2.05, 4.69) is 5.32 Å². The van der Waals surface area contributed by atoms with Crippen molar-refractivity contribution in [3.8, 4) is 5.75 Å². The molecule has 0 radical (unpaired) electrons. The molecule has 3 aromatic carbocycles. The van der Waals surface area contributed by atoms with E-state index in [4.69, 9.17) is 4.74 Å². The molecule has 0 unspecified atom stereocenters. The van der Waals surface area contributed by atoms with Gasteiger partial charge in [-0.05, 0) is 67.3 Å². The van der Waals surface area contributed by atoms with E-state index >= 15 is 0 Å². The second-order valence-corrected chi connectivity index (χ2v) is 12.2. The van der Waals surface area contributed by atoms with Crippen molar-refractivity contribution in [1.82, 2.24) is 10.2 Å². The molecule has 0 aromatic heterocycles. The van der Waals surface area contributed by atoms with Gasteiger partial charge in [-0.25, -0.2) is 12.8 Å². The van der Waals surface area contributed by atoms with Crippen LogP contribution in [-0.4, -0.2) is 57.1 Å². The normalized spacial score (nSPS) is 12.7. The fourth-order valence-corrected chi connectivity index (χ4v) is 5.54. The van der Waals surface area contributed by atoms with Crippen molar-refractivity contribution in [3.63, 3.8) is 0 Å². The summed E-state index contributed by atoms with van der Waals surface area (Å²) in [6.07, 6.45) is 2.31. The number of sulfonamides is 1. The molecule has 2 amide bonds. The van der Waals surface area contributed by atoms with Crippen LogP contribution in [0.25, 0.3) is 0 Å². The highest BCUT2D eigenvalue weighted by molar-refractivity contribution is 7.92. The van der Waals surface area contributed by atoms with Crippen LogP contribution in [0.1, 0.15) is 44.2 Å². The predicted molar refractivity (Wildman–Crippen MR) is 163 cm³/mol. The van der Waals surface area contributed by atoms with E-state index in [1.807, 2.05) is 68.4 Å². The molecule has 0 aliphatic heterocycles. The summed E-state index contributed by atoms with van der Waals surface area (Å²) < 4.78 is 45.1. The maximum Gasteiger partial charge on any atom is 0.243 e. The minimum absolute atomic E-state index is 0.000909. The van der Waals surface area contributed by atoms with Crippen molar-refractivity contribution < 1.29 is 27.1 Å². The van der Waals surface area contributed by atoms with Gasteiger partial charge in [0.15, 0.2) is 0 Å². The van der Waals surface area contributed by atoms with E-state index < -0.39 is 21.9 Å². The Labute approximate surface area is 248 Å². The molecular formula is C32H40FN3O5S. The van der Waals surface area contributed by atoms with Crippen LogP contribution in [0, 0.1) is 5.82 Å². The minimum Gasteiger partial charge on any atom is -0.497 e. The summed E-state index contributed by atoms with van der Waals surface area (Å²) in [5.41, 5.74) is 2.01. The summed E-state index contributed by atoms with van der Waals surface area (Å²) in [7, 11) is -2.12. The number of hydrogen-bond acceptors (Lipinski definition) is 5. The van der Waals surface area contributed by atoms with Crippen LogP contribution in [0.5, 0.6) is 5.75 Å². The third-order valence-electron chi connectivity index (χ3n) is 7.03. The zero-order valence-electron chi connectivity index (χ0n) is 24.6. The number of carbonyl (C=O) groups is 2. The fourth-order valence-electron chi connectivity index (χ4n) is 4.57. The highest BCUT2D eigenvalue weighted by atomic mass is 32.2. The van der Waals surface area contributed by atoms with Gasteiger partial charge in [0.1, 0.15) is 17.6 Å². The summed E-state index contributed by atoms with van der Waals surface area (Å²) >= 11 is 0. The summed E-state index contributed by atoms with van der Waals surface area (Å²) in [5.74, 6) is -0.388. The quantitative estimate of drug-likeness (QED) is 0.268. The van der Waals surface area contributed by atoms with Crippen LogP contribution in [-0.2, 0) is 32.6 Å². The number of halogens is 1. The molecule has 0 aliphatic rings. The second-order valence-electron chi connectivity index (χ2n) is 10.3. The SMILES string of the molecule is CC[C@@H](C)NC(=O)[C@@H](Cc1ccccc1)N(Cc1cccc(OC)c1)C(=O)CCCN(c1ccc(F)cc1)S(C)(=O)=O. The molecule has 1 N–H and O–H groups in total. The van der Waals surface area contributed by atoms with Crippen molar-refractivity contribution in [3.05, 3.63) is 95.8 Å². The molecule has 2 atom stereocenters. The first-order valence-electron chi connectivity index (χ1n) is 14.0. The van der Waals surface area contributed by atoms with Crippen LogP contribution >= 0.6 is 0 Å². The smallest absolute Gasteiger partial charge is 0.243 e. The fraction of sp³-hybridized carbons (Fsp3) is 0.375. The molecule has 42 heavy (non-hydrogen) atoms. The van der Waals surface area contributed by atoms with Crippen LogP contribution in [0.15, 0.2) is 78.9 Å². The molecule has 0 saturated heterocycles. The Hall–Kier alpha value is -3.92. The second kappa shape index (κ2) is 15.3. The molecule has 0 bridgehead atoms. The van der Waals surface area contributed by atoms with Crippen molar-refractivity contribution in [2.24, 2.45) is 0 Å². The van der Waals surface area contributed by atoms with Gasteiger partial charge in [-0.2, -0.15) is 0 Å². The molecule has 8 nitrogen and oxygen atoms in total. The Kier molecular flexibility index (Phi) is 11.9. The molecule has 0 saturated carbocycles. The Morgan fingerprint density at radius 1 is 0.976 bits per heavy atom. The van der Waals surface area contributed by atoms with Gasteiger partial charge in [0.05, 0.1) is 19.1 Å². The number of rotatable bonds is 15. The number of ether oxygens (including phenoxy) is 1. The topological polar surface area (TPSA) is 96.0 Å². The number of hydrogen-bond donors (Lipinski definition) is 1. The zero-order valence-corrected chi connectivity index (χ0v) is 25.4. The summed E-state index contributed by atoms with van der Waals surface area (Å²) in [6.45, 7) is 4.08. The van der Waals surface area contributed by atoms with Gasteiger partial charge in [0, 0.05) is 32.0 Å². The first-order chi connectivity index (χ1) is 20.0. The van der Waals surface area contributed by atoms with Gasteiger partial charge in [0.25, 0.3) is 0 Å². The predicted octanol–water partition coefficient (Wildman–Crippen LogP) is 4.94. The van der Waals surface area contributed by atoms with E-state index in [-0.39, 0.29) is 43.8 Å². The highest BCUT2D eigenvalue weighted by Crippen LogP contribution is 2.22. The Morgan fingerprint density at radius 2 is 1.64 bits per heavy atom. The molecular weight excluding hydrogens is 557 g/mol. The maximum absolute atomic E-state index is 13.9. The summed E-state index contributed by atoms with van der Waals surface area (Å²) in [6, 6.07) is 21.1. The van der Waals surface area contributed by atoms with Crippen LogP contribution in [0.2, 0.25) is 0 Å². The zero-order chi connectivity index (χ0) is 30.7. The van der Waals surface area contributed by atoms with Crippen LogP contribution < -0.4 is 14.4 Å². The first kappa shape index (κ1) is 32.6. The Balaban J connectivity index is 1.90. The molecule has 10 heteroatoms. The largest absolute Gasteiger partial charge is 0.497 e. The van der Waals surface area contributed by atoms with Crippen LogP contribution in [0.4, 0.5) is 10.1 Å². The number of methoxy groups -OCH3 is 1. The summed E-state index contributed by atoms with van der Waals surface area (Å²) in [4.78, 5) is 29.1. The average Bonchev–Trinajstić information content (AvgIpc) is 2.97. The Bertz CT molecular complexity index is 1420. The average molecular weight is 598 g/mol. The monoisotopic (exact) mass is 597 g/mol. The molecule has 0 fully saturated rings. The van der Waals surface area contributed by atoms with E-state index in [0.717, 1.165) is 28.1 Å². The highest BCUT2D eigenvalue weighted by Gasteiger charge is 2.31. The van der Waals surface area contributed by atoms with Gasteiger partial charge in [-0.3, -0.25) is 13.9 Å². The number of amides is 2. The number of carbonyl (C=O) groups excluding carboxylic acids is 2. The van der Waals surface area contributed by atoms with E-state index in [1.54, 1.807) is 12.0 Å². The van der Waals surface area contributed by atoms with Gasteiger partial charge in [0.2, 0.25) is 21.8 Å². The standard InChI is InChI=1S/C32H40FN3O5S/c1-5-24(2)34-32(38)30(22-25-11-7-6-8-12-25)35(23-26-13-9-14-29(21-26)41-3)31(37)15-10-20-36(42(4,39)40)28-18-16-27(33)17-19-28/h6-9,11-14,16-19,21,24,30H,5,10,15,20,22-23H2,1-4H3,(H,34,38)/t24-,30-/m1/s1. The molecule has 3 aromatic rings. The third kappa shape index (κ3) is 9.58. The number of anilines is 1. The third-order valence-corrected chi connectivity index (χ3v) is 8.22. The molecule has 0 aliphatic carbocycles. The maximum atomic E-state index is 13.9. The van der Waals surface area contributed by atoms with E-state index in [1.165, 1.54) is 24.3 Å². The van der Waals surface area contributed by atoms with Gasteiger partial charge in [-0.1, -0.05) is 49.4 Å². The van der Waals surface area contributed by atoms with E-state index in [0.29, 0.717) is 17.9 Å². The van der Waals surface area contributed by atoms with Crippen molar-refractivity contribution in [2.75, 3.05) is 24.2 Å². The lowest BCUT2D eigenvalue weighted by atomic mass is 10.0. The van der Waals surface area contributed by atoms with E-state index in [9.17, 15) is 22.4 Å². The molecule has 0 heterocycles. The van der Waals surface area contributed by atoms with Gasteiger partial charge < -0.3 is 15.0 Å². The lowest BCUT2D eigenvalue weighted by molar-refractivity contribution is -0.141. The van der Waals surface area contributed by atoms with Gasteiger partial charge in [-0.15, -0.1) is 0 Å². The number of nitrogens with one attached hydrogen (secondary N) is 1. The molecule has 0 spiro atoms. The lowest BCUT2D eigenvalue weighted by Crippen LogP contribution is -2.52. The number of nitrogens with zero attached hydrogens (tertiary/aromatic N) is 2. The molecule has 3 rings (SSSR count). The van der Waals surface area contributed by atoms with Crippen molar-refractivity contribution >= 4 is 27.5 Å². The first-order valence-corrected chi connectivity index (χ1v) is 15.9. The molecule has 226 valence electrons. The number of benzene rings is 3. The van der Waals surface area contributed by atoms with Crippen molar-refractivity contribution in [1.29, 1.82) is 0 Å². The Morgan fingerprint density at radius 3 is 2.26 bits per heavy atom. The lowest BCUT2D eigenvalue weighted by Gasteiger charge is -2.33. The van der Waals surface area contributed by atoms with Crippen molar-refractivity contribution in [2.45, 2.75) is 58.2 Å². The minimum atomic E-state index is -3.68. The van der Waals surface area contributed by atoms with Crippen LogP contribution in [0.3, 0.4) is 0 Å².